The topological polar surface area (TPSA) is 27.7 Å². The number of rotatable bonds is 5. The number of para-hydroxylation sites is 2. The van der Waals surface area contributed by atoms with Crippen LogP contribution >= 0.6 is 0 Å². The van der Waals surface area contributed by atoms with Crippen molar-refractivity contribution < 1.29 is 14.2 Å². The van der Waals surface area contributed by atoms with E-state index in [1.165, 1.54) is 0 Å². The minimum absolute atomic E-state index is 0.249. The molecule has 0 aliphatic rings. The van der Waals surface area contributed by atoms with E-state index in [1.807, 2.05) is 85.8 Å². The normalized spacial score (nSPS) is 11.0. The predicted octanol–water partition coefficient (Wildman–Crippen LogP) is 5.31. The molecule has 0 aliphatic carbocycles. The second-order valence-electron chi connectivity index (χ2n) is 5.62. The first-order chi connectivity index (χ1) is 12.7. The van der Waals surface area contributed by atoms with Crippen molar-refractivity contribution in [2.24, 2.45) is 0 Å². The first kappa shape index (κ1) is 17.4. The van der Waals surface area contributed by atoms with Gasteiger partial charge in [0.2, 0.25) is 0 Å². The zero-order valence-corrected chi connectivity index (χ0v) is 14.8. The fraction of sp³-hybridized carbons (Fsp3) is 0.130. The molecule has 0 aliphatic heterocycles. The summed E-state index contributed by atoms with van der Waals surface area (Å²) in [5, 5.41) is 0. The van der Waals surface area contributed by atoms with Gasteiger partial charge in [-0.1, -0.05) is 42.2 Å². The molecule has 26 heavy (non-hydrogen) atoms. The molecule has 0 radical (unpaired) electrons. The smallest absolute Gasteiger partial charge is 0.156 e. The fourth-order valence-electron chi connectivity index (χ4n) is 2.37. The summed E-state index contributed by atoms with van der Waals surface area (Å²) in [7, 11) is 1.64. The Balaban J connectivity index is 1.61. The molecule has 0 fully saturated rings. The Morgan fingerprint density at radius 2 is 1.35 bits per heavy atom. The minimum Gasteiger partial charge on any atom is -0.495 e. The van der Waals surface area contributed by atoms with Crippen LogP contribution in [0.1, 0.15) is 12.5 Å². The number of ether oxygens (including phenoxy) is 3. The van der Waals surface area contributed by atoms with Crippen LogP contribution in [0.15, 0.2) is 78.9 Å². The monoisotopic (exact) mass is 344 g/mol. The minimum atomic E-state index is -0.249. The van der Waals surface area contributed by atoms with Crippen molar-refractivity contribution in [3.63, 3.8) is 0 Å². The van der Waals surface area contributed by atoms with Crippen molar-refractivity contribution in [3.8, 4) is 34.8 Å². The standard InChI is InChI=1S/C23H20O3/c1-18(12-13-19-8-6-7-11-23(19)24-2)25-21-14-16-22(17-15-21)26-20-9-4-3-5-10-20/h3-11,14-18H,1-2H3. The van der Waals surface area contributed by atoms with E-state index in [0.717, 1.165) is 28.6 Å². The molecule has 3 rings (SSSR count). The van der Waals surface area contributed by atoms with Crippen LogP contribution in [-0.2, 0) is 0 Å². The van der Waals surface area contributed by atoms with Gasteiger partial charge in [0.05, 0.1) is 12.7 Å². The Kier molecular flexibility index (Phi) is 5.80. The average Bonchev–Trinajstić information content (AvgIpc) is 2.69. The molecule has 1 unspecified atom stereocenters. The van der Waals surface area contributed by atoms with Gasteiger partial charge in [-0.3, -0.25) is 0 Å². The molecule has 0 N–H and O–H groups in total. The van der Waals surface area contributed by atoms with Crippen LogP contribution in [0.2, 0.25) is 0 Å². The highest BCUT2D eigenvalue weighted by Crippen LogP contribution is 2.24. The summed E-state index contributed by atoms with van der Waals surface area (Å²) < 4.78 is 16.9. The summed E-state index contributed by atoms with van der Waals surface area (Å²) in [6.45, 7) is 1.91. The van der Waals surface area contributed by atoms with Crippen LogP contribution in [0.25, 0.3) is 0 Å². The lowest BCUT2D eigenvalue weighted by Gasteiger charge is -2.10. The Morgan fingerprint density at radius 3 is 2.08 bits per heavy atom. The number of hydrogen-bond acceptors (Lipinski definition) is 3. The molecular formula is C23H20O3. The van der Waals surface area contributed by atoms with E-state index >= 15 is 0 Å². The lowest BCUT2D eigenvalue weighted by Crippen LogP contribution is -2.08. The van der Waals surface area contributed by atoms with Crippen molar-refractivity contribution in [3.05, 3.63) is 84.4 Å². The molecule has 0 aromatic heterocycles. The zero-order valence-electron chi connectivity index (χ0n) is 14.8. The fourth-order valence-corrected chi connectivity index (χ4v) is 2.37. The van der Waals surface area contributed by atoms with Gasteiger partial charge >= 0.3 is 0 Å². The number of methoxy groups -OCH3 is 1. The van der Waals surface area contributed by atoms with Crippen molar-refractivity contribution in [1.82, 2.24) is 0 Å². The second kappa shape index (κ2) is 8.64. The Morgan fingerprint density at radius 1 is 0.731 bits per heavy atom. The molecule has 0 spiro atoms. The van der Waals surface area contributed by atoms with E-state index in [-0.39, 0.29) is 6.10 Å². The molecule has 0 saturated carbocycles. The highest BCUT2D eigenvalue weighted by atomic mass is 16.5. The Bertz CT molecular complexity index is 890. The van der Waals surface area contributed by atoms with Crippen LogP contribution in [0.5, 0.6) is 23.0 Å². The molecule has 0 heterocycles. The third-order valence-electron chi connectivity index (χ3n) is 3.63. The van der Waals surface area contributed by atoms with Gasteiger partial charge in [0.15, 0.2) is 6.10 Å². The summed E-state index contributed by atoms with van der Waals surface area (Å²) >= 11 is 0. The quantitative estimate of drug-likeness (QED) is 0.587. The van der Waals surface area contributed by atoms with Crippen LogP contribution < -0.4 is 14.2 Å². The molecule has 3 heteroatoms. The molecule has 0 saturated heterocycles. The van der Waals surface area contributed by atoms with Gasteiger partial charge in [0, 0.05) is 0 Å². The first-order valence-corrected chi connectivity index (χ1v) is 8.39. The summed E-state index contributed by atoms with van der Waals surface area (Å²) in [5.41, 5.74) is 0.844. The van der Waals surface area contributed by atoms with Gasteiger partial charge in [0.25, 0.3) is 0 Å². The van der Waals surface area contributed by atoms with Gasteiger partial charge in [0.1, 0.15) is 23.0 Å². The Hall–Kier alpha value is -3.38. The average molecular weight is 344 g/mol. The van der Waals surface area contributed by atoms with Crippen LogP contribution in [0.4, 0.5) is 0 Å². The summed E-state index contributed by atoms with van der Waals surface area (Å²) in [6, 6.07) is 24.8. The molecule has 0 amide bonds. The summed E-state index contributed by atoms with van der Waals surface area (Å²) in [6.07, 6.45) is -0.249. The van der Waals surface area contributed by atoms with E-state index in [1.54, 1.807) is 7.11 Å². The maximum atomic E-state index is 5.84. The molecule has 130 valence electrons. The van der Waals surface area contributed by atoms with Crippen molar-refractivity contribution in [2.45, 2.75) is 13.0 Å². The second-order valence-corrected chi connectivity index (χ2v) is 5.62. The van der Waals surface area contributed by atoms with Gasteiger partial charge in [-0.2, -0.15) is 0 Å². The molecular weight excluding hydrogens is 324 g/mol. The van der Waals surface area contributed by atoms with Gasteiger partial charge < -0.3 is 14.2 Å². The van der Waals surface area contributed by atoms with Crippen LogP contribution in [-0.4, -0.2) is 13.2 Å². The van der Waals surface area contributed by atoms with Gasteiger partial charge in [-0.15, -0.1) is 0 Å². The molecule has 3 nitrogen and oxygen atoms in total. The maximum absolute atomic E-state index is 5.84. The molecule has 3 aromatic rings. The van der Waals surface area contributed by atoms with E-state index in [4.69, 9.17) is 14.2 Å². The highest BCUT2D eigenvalue weighted by molar-refractivity contribution is 5.46. The predicted molar refractivity (Wildman–Crippen MR) is 103 cm³/mol. The van der Waals surface area contributed by atoms with Crippen molar-refractivity contribution in [2.75, 3.05) is 7.11 Å². The maximum Gasteiger partial charge on any atom is 0.156 e. The third kappa shape index (κ3) is 4.81. The largest absolute Gasteiger partial charge is 0.495 e. The summed E-state index contributed by atoms with van der Waals surface area (Å²) in [4.78, 5) is 0. The summed E-state index contributed by atoms with van der Waals surface area (Å²) in [5.74, 6) is 9.26. The van der Waals surface area contributed by atoms with Crippen molar-refractivity contribution in [1.29, 1.82) is 0 Å². The third-order valence-corrected chi connectivity index (χ3v) is 3.63. The number of hydrogen-bond donors (Lipinski definition) is 0. The van der Waals surface area contributed by atoms with E-state index in [2.05, 4.69) is 11.8 Å². The van der Waals surface area contributed by atoms with E-state index < -0.39 is 0 Å². The zero-order chi connectivity index (χ0) is 18.2. The Labute approximate surface area is 154 Å². The van der Waals surface area contributed by atoms with Crippen molar-refractivity contribution >= 4 is 0 Å². The lowest BCUT2D eigenvalue weighted by atomic mass is 10.2. The van der Waals surface area contributed by atoms with E-state index in [0.29, 0.717) is 0 Å². The molecule has 1 atom stereocenters. The molecule has 3 aromatic carbocycles. The van der Waals surface area contributed by atoms with E-state index in [9.17, 15) is 0 Å². The number of benzene rings is 3. The SMILES string of the molecule is COc1ccccc1C#CC(C)Oc1ccc(Oc2ccccc2)cc1. The van der Waals surface area contributed by atoms with Crippen LogP contribution in [0, 0.1) is 11.8 Å². The molecule has 0 bridgehead atoms. The van der Waals surface area contributed by atoms with Gasteiger partial charge in [-0.05, 0) is 55.5 Å². The first-order valence-electron chi connectivity index (χ1n) is 8.39. The van der Waals surface area contributed by atoms with Crippen LogP contribution in [0.3, 0.4) is 0 Å². The highest BCUT2D eigenvalue weighted by Gasteiger charge is 2.03. The lowest BCUT2D eigenvalue weighted by molar-refractivity contribution is 0.278. The van der Waals surface area contributed by atoms with Gasteiger partial charge in [-0.25, -0.2) is 0 Å².